The van der Waals surface area contributed by atoms with Crippen LogP contribution in [0, 0.1) is 23.0 Å². The average molecular weight is 744 g/mol. The third-order valence-electron chi connectivity index (χ3n) is 9.32. The summed E-state index contributed by atoms with van der Waals surface area (Å²) < 4.78 is 54.9. The molecule has 15 heteroatoms. The summed E-state index contributed by atoms with van der Waals surface area (Å²) in [4.78, 5) is 25.6. The van der Waals surface area contributed by atoms with E-state index in [1.54, 1.807) is 26.8 Å². The third kappa shape index (κ3) is 7.67. The molecule has 3 fully saturated rings. The number of fused-ring (bicyclic) bond motifs is 3. The van der Waals surface area contributed by atoms with Gasteiger partial charge in [-0.15, -0.1) is 11.3 Å². The Morgan fingerprint density at radius 3 is 2.67 bits per heavy atom. The summed E-state index contributed by atoms with van der Waals surface area (Å²) in [5.74, 6) is -0.942. The number of ether oxygens (including phenoxy) is 2. The van der Waals surface area contributed by atoms with Crippen molar-refractivity contribution in [3.05, 3.63) is 40.4 Å². The molecule has 10 nitrogen and oxygen atoms in total. The Labute approximate surface area is 303 Å². The summed E-state index contributed by atoms with van der Waals surface area (Å²) in [6.45, 7) is 11.1. The molecule has 7 rings (SSSR count). The minimum atomic E-state index is -0.809. The molecule has 0 aliphatic carbocycles. The Balaban J connectivity index is 0.000000428. The van der Waals surface area contributed by atoms with Crippen molar-refractivity contribution in [2.75, 3.05) is 50.1 Å². The summed E-state index contributed by atoms with van der Waals surface area (Å²) in [5.41, 5.74) is -0.768. The standard InChI is InChI=1S/C29H29ClF2N6O3S.C7H12FN/c1-6-38(13-14-9-10-34-14)25-16-11-18(30)21(22(32)23(16)35-27(36-25)40-5)15-7-8-19(31)24-20(15)17(12-33)26(42-24)37-28(39)41-29(2,3)4;8-6-4-7-2-1-3-9(7)5-6/h7-8,11,14,34H,6,9-10,13H2,1-5H3,(H,37,39);6-7H,1-5H2. The van der Waals surface area contributed by atoms with Crippen molar-refractivity contribution >= 4 is 60.8 Å². The first-order chi connectivity index (χ1) is 24.3. The second kappa shape index (κ2) is 15.0. The van der Waals surface area contributed by atoms with Crippen LogP contribution in [0.2, 0.25) is 5.02 Å². The molecular weight excluding hydrogens is 703 g/mol. The van der Waals surface area contributed by atoms with Gasteiger partial charge in [-0.05, 0) is 84.2 Å². The average Bonchev–Trinajstić information content (AvgIpc) is 3.74. The van der Waals surface area contributed by atoms with Gasteiger partial charge in [0, 0.05) is 48.1 Å². The molecule has 3 saturated heterocycles. The number of halogens is 4. The molecule has 0 bridgehead atoms. The highest BCUT2D eigenvalue weighted by atomic mass is 35.5. The van der Waals surface area contributed by atoms with E-state index in [0.29, 0.717) is 36.9 Å². The Morgan fingerprint density at radius 1 is 1.27 bits per heavy atom. The normalized spacial score (nSPS) is 20.0. The van der Waals surface area contributed by atoms with Crippen molar-refractivity contribution in [1.29, 1.82) is 5.26 Å². The van der Waals surface area contributed by atoms with Gasteiger partial charge in [0.1, 0.15) is 40.0 Å². The van der Waals surface area contributed by atoms with E-state index in [0.717, 1.165) is 37.3 Å². The Morgan fingerprint density at radius 2 is 2.04 bits per heavy atom. The molecule has 272 valence electrons. The van der Waals surface area contributed by atoms with Crippen molar-refractivity contribution in [2.24, 2.45) is 0 Å². The molecule has 5 heterocycles. The minimum Gasteiger partial charge on any atom is -0.467 e. The number of nitrogens with zero attached hydrogens (tertiary/aromatic N) is 5. The number of nitrogens with one attached hydrogen (secondary N) is 2. The fraction of sp³-hybridized carbons (Fsp3) is 0.500. The monoisotopic (exact) mass is 743 g/mol. The van der Waals surface area contributed by atoms with Crippen LogP contribution >= 0.6 is 22.9 Å². The Hall–Kier alpha value is -3.90. The Kier molecular flexibility index (Phi) is 10.8. The van der Waals surface area contributed by atoms with E-state index < -0.39 is 29.5 Å². The van der Waals surface area contributed by atoms with Crippen LogP contribution in [-0.4, -0.2) is 84.7 Å². The van der Waals surface area contributed by atoms with Crippen molar-refractivity contribution in [3.63, 3.8) is 0 Å². The summed E-state index contributed by atoms with van der Waals surface area (Å²) in [5, 5.41) is 16.6. The van der Waals surface area contributed by atoms with Crippen molar-refractivity contribution in [2.45, 2.75) is 77.2 Å². The predicted octanol–water partition coefficient (Wildman–Crippen LogP) is 8.05. The summed E-state index contributed by atoms with van der Waals surface area (Å²) in [6, 6.07) is 7.00. The number of carbonyl (C=O) groups excluding carboxylic acids is 1. The van der Waals surface area contributed by atoms with Crippen LogP contribution in [0.15, 0.2) is 18.2 Å². The van der Waals surface area contributed by atoms with Crippen LogP contribution in [0.1, 0.15) is 58.9 Å². The molecule has 3 aliphatic rings. The van der Waals surface area contributed by atoms with Crippen LogP contribution in [-0.2, 0) is 4.74 Å². The largest absolute Gasteiger partial charge is 0.467 e. The predicted molar refractivity (Wildman–Crippen MR) is 195 cm³/mol. The van der Waals surface area contributed by atoms with Gasteiger partial charge in [0.2, 0.25) is 0 Å². The molecule has 3 aliphatic heterocycles. The number of benzene rings is 2. The zero-order chi connectivity index (χ0) is 36.6. The fourth-order valence-electron chi connectivity index (χ4n) is 6.87. The topological polar surface area (TPSA) is 116 Å². The van der Waals surface area contributed by atoms with Crippen molar-refractivity contribution < 1.29 is 27.4 Å². The van der Waals surface area contributed by atoms with Gasteiger partial charge in [0.05, 0.1) is 22.4 Å². The molecular formula is C36H41ClF3N7O3S. The number of rotatable bonds is 7. The number of thiophene rings is 1. The summed E-state index contributed by atoms with van der Waals surface area (Å²) in [7, 11) is 1.40. The number of anilines is 2. The van der Waals surface area contributed by atoms with Crippen LogP contribution < -0.4 is 20.3 Å². The highest BCUT2D eigenvalue weighted by Crippen LogP contribution is 2.46. The van der Waals surface area contributed by atoms with Gasteiger partial charge in [0.25, 0.3) is 0 Å². The van der Waals surface area contributed by atoms with Crippen molar-refractivity contribution in [3.8, 4) is 23.2 Å². The number of methoxy groups -OCH3 is 1. The third-order valence-corrected chi connectivity index (χ3v) is 10.7. The zero-order valence-electron chi connectivity index (χ0n) is 29.2. The molecule has 1 amide bonds. The maximum absolute atomic E-state index is 16.6. The van der Waals surface area contributed by atoms with Gasteiger partial charge in [-0.25, -0.2) is 18.0 Å². The van der Waals surface area contributed by atoms with E-state index in [4.69, 9.17) is 21.1 Å². The molecule has 0 radical (unpaired) electrons. The van der Waals surface area contributed by atoms with Crippen LogP contribution in [0.25, 0.3) is 32.1 Å². The highest BCUT2D eigenvalue weighted by molar-refractivity contribution is 7.23. The van der Waals surface area contributed by atoms with Gasteiger partial charge in [-0.3, -0.25) is 10.2 Å². The maximum Gasteiger partial charge on any atom is 0.412 e. The molecule has 4 aromatic rings. The first-order valence-electron chi connectivity index (χ1n) is 17.1. The number of nitriles is 1. The van der Waals surface area contributed by atoms with E-state index in [2.05, 4.69) is 25.5 Å². The molecule has 0 saturated carbocycles. The van der Waals surface area contributed by atoms with Crippen LogP contribution in [0.3, 0.4) is 0 Å². The minimum absolute atomic E-state index is 0.0222. The SMILES string of the molecule is CCN(CC1CCN1)c1nc(OC)nc2c(F)c(-c3ccc(F)c4sc(NC(=O)OC(C)(C)C)c(C#N)c34)c(Cl)cc12.FC1CC2CCCN2C1. The molecule has 2 aromatic heterocycles. The second-order valence-corrected chi connectivity index (χ2v) is 15.4. The van der Waals surface area contributed by atoms with Gasteiger partial charge in [0.15, 0.2) is 5.82 Å². The van der Waals surface area contributed by atoms with Crippen LogP contribution in [0.5, 0.6) is 6.01 Å². The molecule has 3 atom stereocenters. The van der Waals surface area contributed by atoms with E-state index in [9.17, 15) is 14.4 Å². The van der Waals surface area contributed by atoms with E-state index in [1.165, 1.54) is 32.1 Å². The Bertz CT molecular complexity index is 1980. The number of alkyl halides is 1. The number of carbonyl (C=O) groups is 1. The lowest BCUT2D eigenvalue weighted by Crippen LogP contribution is -2.50. The smallest absolute Gasteiger partial charge is 0.412 e. The number of hydrogen-bond donors (Lipinski definition) is 2. The maximum atomic E-state index is 16.6. The van der Waals surface area contributed by atoms with Crippen molar-refractivity contribution in [1.82, 2.24) is 20.2 Å². The van der Waals surface area contributed by atoms with Gasteiger partial charge in [-0.1, -0.05) is 17.7 Å². The lowest BCUT2D eigenvalue weighted by atomic mass is 9.97. The molecule has 3 unspecified atom stereocenters. The van der Waals surface area contributed by atoms with E-state index in [-0.39, 0.29) is 54.4 Å². The zero-order valence-corrected chi connectivity index (χ0v) is 30.8. The number of hydrogen-bond acceptors (Lipinski definition) is 10. The van der Waals surface area contributed by atoms with E-state index in [1.807, 2.05) is 17.9 Å². The lowest BCUT2D eigenvalue weighted by molar-refractivity contribution is 0.0636. The fourth-order valence-corrected chi connectivity index (χ4v) is 8.23. The molecule has 51 heavy (non-hydrogen) atoms. The lowest BCUT2D eigenvalue weighted by Gasteiger charge is -2.34. The number of amides is 1. The first-order valence-corrected chi connectivity index (χ1v) is 18.3. The van der Waals surface area contributed by atoms with Crippen LogP contribution in [0.4, 0.5) is 28.8 Å². The molecule has 2 aromatic carbocycles. The first kappa shape index (κ1) is 36.9. The highest BCUT2D eigenvalue weighted by Gasteiger charge is 2.35. The second-order valence-electron chi connectivity index (χ2n) is 13.9. The molecule has 2 N–H and O–H groups in total. The van der Waals surface area contributed by atoms with Gasteiger partial charge in [-0.2, -0.15) is 15.2 Å². The van der Waals surface area contributed by atoms with E-state index >= 15 is 8.78 Å². The van der Waals surface area contributed by atoms with Gasteiger partial charge < -0.3 is 19.7 Å². The van der Waals surface area contributed by atoms with Gasteiger partial charge >= 0.3 is 12.1 Å². The summed E-state index contributed by atoms with van der Waals surface area (Å²) >= 11 is 7.61. The molecule has 0 spiro atoms. The summed E-state index contributed by atoms with van der Waals surface area (Å²) in [6.07, 6.45) is 3.02. The number of aromatic nitrogens is 2. The number of likely N-dealkylation sites (N-methyl/N-ethyl adjacent to an activating group) is 1. The quantitative estimate of drug-likeness (QED) is 0.194.